The van der Waals surface area contributed by atoms with Crippen LogP contribution in [0.4, 0.5) is 0 Å². The largest absolute Gasteiger partial charge is 0.543 e. The van der Waals surface area contributed by atoms with Crippen LogP contribution < -0.4 is 0 Å². The molecule has 0 atom stereocenters. The monoisotopic (exact) mass is 971 g/mol. The third-order valence-corrected chi connectivity index (χ3v) is 50.2. The molecular weight excluding hydrogens is 885 g/mol. The van der Waals surface area contributed by atoms with Crippen molar-refractivity contribution in [1.29, 1.82) is 0 Å². The highest BCUT2D eigenvalue weighted by molar-refractivity contribution is 7.73. The third-order valence-electron chi connectivity index (χ3n) is 14.0. The van der Waals surface area contributed by atoms with E-state index in [1.807, 2.05) is 0 Å². The van der Waals surface area contributed by atoms with Gasteiger partial charge in [0.15, 0.2) is 0 Å². The maximum absolute atomic E-state index is 7.57. The van der Waals surface area contributed by atoms with Crippen molar-refractivity contribution in [2.75, 3.05) is 0 Å². The molecule has 0 radical (unpaired) electrons. The normalized spacial score (nSPS) is 13.4. The number of hydrogen-bond acceptors (Lipinski definition) is 1. The molecule has 0 aromatic heterocycles. The summed E-state index contributed by atoms with van der Waals surface area (Å²) in [5.41, 5.74) is 37.0. The first-order valence-electron chi connectivity index (χ1n) is 25.0. The number of allylic oxidation sites excluding steroid dienone is 4. The van der Waals surface area contributed by atoms with Crippen molar-refractivity contribution in [1.82, 2.24) is 0 Å². The van der Waals surface area contributed by atoms with E-state index in [1.165, 1.54) is 128 Å². The molecule has 0 saturated heterocycles. The minimum Gasteiger partial charge on any atom is -0.543 e. The van der Waals surface area contributed by atoms with Crippen molar-refractivity contribution in [3.63, 3.8) is 0 Å². The van der Waals surface area contributed by atoms with Crippen molar-refractivity contribution < 1.29 is 4.43 Å². The first-order chi connectivity index (χ1) is 31.2. The highest BCUT2D eigenvalue weighted by Crippen LogP contribution is 2.44. The van der Waals surface area contributed by atoms with Gasteiger partial charge in [-0.25, -0.2) is 0 Å². The summed E-state index contributed by atoms with van der Waals surface area (Å²) in [5.74, 6) is 5.01. The van der Waals surface area contributed by atoms with Crippen LogP contribution in [0.1, 0.15) is 118 Å². The van der Waals surface area contributed by atoms with Crippen molar-refractivity contribution in [3.8, 4) is 11.5 Å². The fraction of sp³-hybridized carbons (Fsp3) is 0.397. The van der Waals surface area contributed by atoms with E-state index in [4.69, 9.17) is 4.43 Å². The molecule has 5 aromatic carbocycles. The van der Waals surface area contributed by atoms with Gasteiger partial charge in [0.05, 0.1) is 15.2 Å². The molecule has 0 spiro atoms. The van der Waals surface area contributed by atoms with Crippen LogP contribution in [0.5, 0.6) is 0 Å². The lowest BCUT2D eigenvalue weighted by molar-refractivity contribution is 0.515. The Balaban J connectivity index is 2.12. The molecule has 0 aliphatic carbocycles. The Labute approximate surface area is 419 Å². The molecule has 0 aliphatic heterocycles. The summed E-state index contributed by atoms with van der Waals surface area (Å²) >= 11 is 0. The predicted molar refractivity (Wildman–Crippen MR) is 314 cm³/mol. The number of aryl methyl sites for hydroxylation is 15. The van der Waals surface area contributed by atoms with E-state index in [-0.39, 0.29) is 0 Å². The van der Waals surface area contributed by atoms with Crippen molar-refractivity contribution in [3.05, 3.63) is 184 Å². The van der Waals surface area contributed by atoms with Gasteiger partial charge in [0.1, 0.15) is 12.9 Å². The second kappa shape index (κ2) is 20.5. The first-order valence-corrected chi connectivity index (χ1v) is 39.5. The highest BCUT2D eigenvalue weighted by atomic mass is 29.6. The molecule has 0 bridgehead atoms. The average Bonchev–Trinajstić information content (AvgIpc) is 3.13. The lowest BCUT2D eigenvalue weighted by atomic mass is 9.83. The Kier molecular flexibility index (Phi) is 16.4. The Bertz CT molecular complexity index is 2810. The molecule has 0 N–H and O–H groups in total. The summed E-state index contributed by atoms with van der Waals surface area (Å²) in [6.45, 7) is 56.9. The summed E-state index contributed by atoms with van der Waals surface area (Å²) in [6, 6.07) is 23.6. The van der Waals surface area contributed by atoms with E-state index in [9.17, 15) is 0 Å². The van der Waals surface area contributed by atoms with Gasteiger partial charge in [-0.15, -0.1) is 5.54 Å². The zero-order valence-electron chi connectivity index (χ0n) is 47.0. The van der Waals surface area contributed by atoms with Crippen LogP contribution >= 0.6 is 0 Å². The molecule has 0 heterocycles. The van der Waals surface area contributed by atoms with E-state index < -0.39 is 30.6 Å². The van der Waals surface area contributed by atoms with Gasteiger partial charge < -0.3 is 4.43 Å². The van der Waals surface area contributed by atoms with Crippen molar-refractivity contribution in [2.45, 2.75) is 169 Å². The van der Waals surface area contributed by atoms with Gasteiger partial charge in [0.25, 0.3) is 0 Å². The summed E-state index contributed by atoms with van der Waals surface area (Å²) in [6.07, 6.45) is 3.36. The second-order valence-electron chi connectivity index (χ2n) is 23.9. The van der Waals surface area contributed by atoms with Gasteiger partial charge in [-0.1, -0.05) is 139 Å². The summed E-state index contributed by atoms with van der Waals surface area (Å²) in [7, 11) is -8.65. The average molecular weight is 972 g/mol. The maximum Gasteiger partial charge on any atom is 0.242 e. The van der Waals surface area contributed by atoms with E-state index >= 15 is 0 Å². The smallest absolute Gasteiger partial charge is 0.242 e. The summed E-state index contributed by atoms with van der Waals surface area (Å²) in [5, 5.41) is 0. The molecule has 0 unspecified atom stereocenters. The van der Waals surface area contributed by atoms with Crippen LogP contribution in [0.2, 0.25) is 58.9 Å². The standard InChI is InChI=1S/C63H86OSi4/c1-40-27-45(6)57(46(7)28-40)25-26-68(66(19,20)21,67(22,23)24)39-56(60-49(10)31-42(3)32-50(60)11)37-55(59-47(8)29-41(2)30-48(59)9)38-58(61-51(12)33-43(4)34-52(61)13)63(64-65(16,17)18)62-53(14)35-44(5)36-54(62)15/h27-36,38-39H,37H2,1-24H3/b55-38?,56-39+,63-58-. The molecule has 1 nitrogen and oxygen atoms in total. The number of rotatable bonds is 12. The van der Waals surface area contributed by atoms with Gasteiger partial charge in [0, 0.05) is 16.7 Å². The van der Waals surface area contributed by atoms with Gasteiger partial charge in [-0.05, 0) is 219 Å². The van der Waals surface area contributed by atoms with E-state index in [1.54, 1.807) is 0 Å². The van der Waals surface area contributed by atoms with Crippen LogP contribution in [0, 0.1) is 115 Å². The molecule has 0 aliphatic rings. The predicted octanol–water partition coefficient (Wildman–Crippen LogP) is 18.0. The molecule has 5 aromatic rings. The lowest BCUT2D eigenvalue weighted by Gasteiger charge is -2.45. The maximum atomic E-state index is 7.57. The van der Waals surface area contributed by atoms with Gasteiger partial charge in [0.2, 0.25) is 8.32 Å². The van der Waals surface area contributed by atoms with E-state index in [2.05, 4.69) is 247 Å². The van der Waals surface area contributed by atoms with Gasteiger partial charge in [-0.2, -0.15) is 0 Å². The SMILES string of the molecule is Cc1cc(C)c(C#C[Si](/C=C(\CC(=C/C(=C(/O[Si](C)(C)C)c2c(C)cc(C)cc2C)c2c(C)cc(C)cc2C)c2c(C)cc(C)cc2C)c2c(C)cc(C)cc2C)([Si](C)(C)C)[Si](C)(C)C)c(C)c1. The third kappa shape index (κ3) is 11.9. The molecule has 68 heavy (non-hydrogen) atoms. The van der Waals surface area contributed by atoms with Gasteiger partial charge in [-0.3, -0.25) is 0 Å². The Morgan fingerprint density at radius 3 is 1.06 bits per heavy atom. The molecular formula is C63H86OSi4. The molecule has 0 amide bonds. The summed E-state index contributed by atoms with van der Waals surface area (Å²) < 4.78 is 7.57. The molecule has 0 fully saturated rings. The van der Waals surface area contributed by atoms with E-state index in [0.29, 0.717) is 0 Å². The molecule has 5 rings (SSSR count). The molecule has 5 heteroatoms. The zero-order valence-corrected chi connectivity index (χ0v) is 51.0. The zero-order chi connectivity index (χ0) is 51.2. The lowest BCUT2D eigenvalue weighted by Crippen LogP contribution is -2.70. The summed E-state index contributed by atoms with van der Waals surface area (Å²) in [4.78, 5) is 0. The van der Waals surface area contributed by atoms with Crippen molar-refractivity contribution >= 4 is 53.1 Å². The second-order valence-corrected chi connectivity index (χ2v) is 54.7. The molecule has 0 saturated carbocycles. The van der Waals surface area contributed by atoms with E-state index in [0.717, 1.165) is 12.2 Å². The van der Waals surface area contributed by atoms with Gasteiger partial charge >= 0.3 is 0 Å². The Hall–Kier alpha value is -4.45. The minimum atomic E-state index is -2.51. The van der Waals surface area contributed by atoms with Crippen molar-refractivity contribution in [2.24, 2.45) is 0 Å². The fourth-order valence-electron chi connectivity index (χ4n) is 11.9. The topological polar surface area (TPSA) is 9.23 Å². The van der Waals surface area contributed by atoms with Crippen LogP contribution in [0.3, 0.4) is 0 Å². The highest BCUT2D eigenvalue weighted by Gasteiger charge is 2.53. The van der Waals surface area contributed by atoms with Crippen LogP contribution in [-0.4, -0.2) is 30.6 Å². The van der Waals surface area contributed by atoms with Crippen LogP contribution in [-0.2, 0) is 4.43 Å². The Morgan fingerprint density at radius 1 is 0.412 bits per heavy atom. The number of benzene rings is 5. The van der Waals surface area contributed by atoms with Crippen LogP contribution in [0.25, 0.3) is 22.5 Å². The minimum absolute atomic E-state index is 0.767. The van der Waals surface area contributed by atoms with Crippen LogP contribution in [0.15, 0.2) is 72.4 Å². The quantitative estimate of drug-likeness (QED) is 0.0398. The first kappa shape index (κ1) is 54.5. The fourth-order valence-corrected chi connectivity index (χ4v) is 51.0. The number of hydrogen-bond donors (Lipinski definition) is 0. The Morgan fingerprint density at radius 2 is 0.721 bits per heavy atom. The molecule has 360 valence electrons.